The molecule has 0 saturated heterocycles. The number of urea groups is 1. The van der Waals surface area contributed by atoms with Crippen molar-refractivity contribution < 1.29 is 18.3 Å². The van der Waals surface area contributed by atoms with Crippen LogP contribution in [-0.2, 0) is 12.5 Å². The number of nitrogens with one attached hydrogen (secondary N) is 3. The number of benzene rings is 2. The standard InChI is InChI=1S/C27H25F2N7O3/c1-27(2,3)21-14-22(36(34-21)16-7-5-6-15(28)12-16)32-25(37)31-19-9-8-17(13-18(19)29)39-20-10-11-30-24-23(20)35(4)26(38)33-24/h5-14H,1-4H3,(H,30,33,38)(H2,31,32,37). The van der Waals surface area contributed by atoms with E-state index < -0.39 is 17.7 Å². The van der Waals surface area contributed by atoms with Gasteiger partial charge >= 0.3 is 11.7 Å². The molecule has 3 aromatic heterocycles. The molecule has 0 radical (unpaired) electrons. The van der Waals surface area contributed by atoms with E-state index >= 15 is 0 Å². The van der Waals surface area contributed by atoms with Crippen molar-refractivity contribution in [2.45, 2.75) is 26.2 Å². The van der Waals surface area contributed by atoms with Crippen molar-refractivity contribution >= 4 is 28.7 Å². The van der Waals surface area contributed by atoms with E-state index in [-0.39, 0.29) is 28.4 Å². The van der Waals surface area contributed by atoms with E-state index in [1.165, 1.54) is 39.7 Å². The van der Waals surface area contributed by atoms with Crippen LogP contribution in [-0.4, -0.2) is 30.3 Å². The topological polar surface area (TPSA) is 119 Å². The van der Waals surface area contributed by atoms with Crippen LogP contribution in [0.4, 0.5) is 25.1 Å². The number of anilines is 2. The summed E-state index contributed by atoms with van der Waals surface area (Å²) in [4.78, 5) is 31.5. The van der Waals surface area contributed by atoms with E-state index in [0.29, 0.717) is 28.3 Å². The molecule has 0 unspecified atom stereocenters. The first-order chi connectivity index (χ1) is 18.5. The number of fused-ring (bicyclic) bond motifs is 1. The number of imidazole rings is 1. The predicted octanol–water partition coefficient (Wildman–Crippen LogP) is 5.46. The van der Waals surface area contributed by atoms with Crippen LogP contribution in [0.15, 0.2) is 65.6 Å². The number of hydrogen-bond acceptors (Lipinski definition) is 5. The smallest absolute Gasteiger partial charge is 0.327 e. The Morgan fingerprint density at radius 3 is 2.56 bits per heavy atom. The number of pyridine rings is 1. The normalized spacial score (nSPS) is 11.5. The number of H-pyrrole nitrogens is 1. The monoisotopic (exact) mass is 533 g/mol. The minimum Gasteiger partial charge on any atom is -0.455 e. The van der Waals surface area contributed by atoms with Gasteiger partial charge in [0.25, 0.3) is 0 Å². The second kappa shape index (κ2) is 9.71. The van der Waals surface area contributed by atoms with E-state index in [4.69, 9.17) is 4.74 Å². The number of ether oxygens (including phenoxy) is 1. The molecule has 10 nitrogen and oxygen atoms in total. The highest BCUT2D eigenvalue weighted by atomic mass is 19.1. The second-order valence-corrected chi connectivity index (χ2v) is 9.87. The van der Waals surface area contributed by atoms with Crippen LogP contribution in [0.2, 0.25) is 0 Å². The van der Waals surface area contributed by atoms with Crippen molar-refractivity contribution in [1.82, 2.24) is 24.3 Å². The number of hydrogen-bond donors (Lipinski definition) is 3. The van der Waals surface area contributed by atoms with Gasteiger partial charge in [-0.15, -0.1) is 0 Å². The van der Waals surface area contributed by atoms with Crippen molar-refractivity contribution in [3.05, 3.63) is 88.6 Å². The summed E-state index contributed by atoms with van der Waals surface area (Å²) in [6, 6.07) is 12.3. The Morgan fingerprint density at radius 1 is 1.05 bits per heavy atom. The van der Waals surface area contributed by atoms with Gasteiger partial charge in [-0.3, -0.25) is 14.9 Å². The maximum atomic E-state index is 14.9. The Bertz CT molecular complexity index is 1770. The minimum atomic E-state index is -0.745. The summed E-state index contributed by atoms with van der Waals surface area (Å²) >= 11 is 0. The van der Waals surface area contributed by atoms with E-state index in [0.717, 1.165) is 6.07 Å². The van der Waals surface area contributed by atoms with Crippen LogP contribution < -0.4 is 21.1 Å². The number of nitrogens with zero attached hydrogens (tertiary/aromatic N) is 4. The molecule has 0 fully saturated rings. The molecular formula is C27H25F2N7O3. The lowest BCUT2D eigenvalue weighted by Crippen LogP contribution is -2.22. The second-order valence-electron chi connectivity index (χ2n) is 9.87. The summed E-state index contributed by atoms with van der Waals surface area (Å²) in [5, 5.41) is 9.68. The predicted molar refractivity (Wildman–Crippen MR) is 143 cm³/mol. The molecule has 5 aromatic rings. The molecule has 0 spiro atoms. The van der Waals surface area contributed by atoms with Crippen LogP contribution in [0, 0.1) is 11.6 Å². The molecule has 39 heavy (non-hydrogen) atoms. The van der Waals surface area contributed by atoms with Crippen molar-refractivity contribution in [2.24, 2.45) is 7.05 Å². The van der Waals surface area contributed by atoms with Gasteiger partial charge in [0.05, 0.1) is 17.1 Å². The van der Waals surface area contributed by atoms with Gasteiger partial charge in [-0.1, -0.05) is 26.8 Å². The van der Waals surface area contributed by atoms with Crippen LogP contribution in [0.3, 0.4) is 0 Å². The zero-order valence-electron chi connectivity index (χ0n) is 21.5. The van der Waals surface area contributed by atoms with Crippen LogP contribution in [0.1, 0.15) is 26.5 Å². The molecule has 0 saturated carbocycles. The average Bonchev–Trinajstić information content (AvgIpc) is 3.42. The van der Waals surface area contributed by atoms with Gasteiger partial charge in [-0.25, -0.2) is 28.0 Å². The number of carbonyl (C=O) groups excluding carboxylic acids is 1. The van der Waals surface area contributed by atoms with Gasteiger partial charge in [-0.05, 0) is 30.3 Å². The van der Waals surface area contributed by atoms with Crippen LogP contribution in [0.25, 0.3) is 16.9 Å². The maximum Gasteiger partial charge on any atom is 0.327 e. The van der Waals surface area contributed by atoms with Gasteiger partial charge < -0.3 is 10.1 Å². The number of aromatic amines is 1. The van der Waals surface area contributed by atoms with Gasteiger partial charge in [0.15, 0.2) is 11.4 Å². The summed E-state index contributed by atoms with van der Waals surface area (Å²) < 4.78 is 37.4. The molecule has 5 rings (SSSR count). The fourth-order valence-corrected chi connectivity index (χ4v) is 3.92. The average molecular weight is 534 g/mol. The highest BCUT2D eigenvalue weighted by Crippen LogP contribution is 2.30. The van der Waals surface area contributed by atoms with Crippen molar-refractivity contribution in [1.29, 1.82) is 0 Å². The lowest BCUT2D eigenvalue weighted by Gasteiger charge is -2.14. The SMILES string of the molecule is Cn1c(=O)[nH]c2nccc(Oc3ccc(NC(=O)Nc4cc(C(C)(C)C)nn4-c4cccc(F)c4)c(F)c3)c21. The first kappa shape index (κ1) is 25.6. The number of rotatable bonds is 5. The summed E-state index contributed by atoms with van der Waals surface area (Å²) in [6.45, 7) is 5.88. The molecule has 0 aliphatic heterocycles. The lowest BCUT2D eigenvalue weighted by atomic mass is 9.92. The highest BCUT2D eigenvalue weighted by Gasteiger charge is 2.22. The Kier molecular flexibility index (Phi) is 6.38. The molecule has 2 aromatic carbocycles. The van der Waals surface area contributed by atoms with Gasteiger partial charge in [0.2, 0.25) is 0 Å². The highest BCUT2D eigenvalue weighted by molar-refractivity contribution is 5.99. The van der Waals surface area contributed by atoms with Gasteiger partial charge in [-0.2, -0.15) is 5.10 Å². The molecule has 200 valence electrons. The van der Waals surface area contributed by atoms with Gasteiger partial charge in [0.1, 0.15) is 28.7 Å². The summed E-state index contributed by atoms with van der Waals surface area (Å²) in [7, 11) is 1.56. The summed E-state index contributed by atoms with van der Waals surface area (Å²) in [6.07, 6.45) is 1.46. The molecule has 12 heteroatoms. The van der Waals surface area contributed by atoms with E-state index in [9.17, 15) is 18.4 Å². The first-order valence-corrected chi connectivity index (χ1v) is 12.0. The summed E-state index contributed by atoms with van der Waals surface area (Å²) in [5.74, 6) is -0.462. The third-order valence-electron chi connectivity index (χ3n) is 5.94. The zero-order chi connectivity index (χ0) is 27.9. The fourth-order valence-electron chi connectivity index (χ4n) is 3.92. The molecule has 3 N–H and O–H groups in total. The van der Waals surface area contributed by atoms with Crippen LogP contribution >= 0.6 is 0 Å². The fraction of sp³-hybridized carbons (Fsp3) is 0.185. The largest absolute Gasteiger partial charge is 0.455 e. The third kappa shape index (κ3) is 5.21. The molecule has 0 aliphatic rings. The van der Waals surface area contributed by atoms with Crippen LogP contribution in [0.5, 0.6) is 11.5 Å². The number of aryl methyl sites for hydroxylation is 1. The van der Waals surface area contributed by atoms with E-state index in [1.807, 2.05) is 20.8 Å². The van der Waals surface area contributed by atoms with Crippen molar-refractivity contribution in [3.8, 4) is 17.2 Å². The lowest BCUT2D eigenvalue weighted by molar-refractivity contribution is 0.262. The molecule has 2 amide bonds. The molecule has 0 aliphatic carbocycles. The molecular weight excluding hydrogens is 508 g/mol. The Morgan fingerprint density at radius 2 is 1.85 bits per heavy atom. The minimum absolute atomic E-state index is 0.0957. The number of amides is 2. The Hall–Kier alpha value is -5.00. The first-order valence-electron chi connectivity index (χ1n) is 12.0. The summed E-state index contributed by atoms with van der Waals surface area (Å²) in [5.41, 5.74) is 1.04. The van der Waals surface area contributed by atoms with Gasteiger partial charge in [0, 0.05) is 36.9 Å². The van der Waals surface area contributed by atoms with E-state index in [2.05, 4.69) is 25.7 Å². The molecule has 0 atom stereocenters. The van der Waals surface area contributed by atoms with Crippen molar-refractivity contribution in [2.75, 3.05) is 10.6 Å². The quantitative estimate of drug-likeness (QED) is 0.277. The van der Waals surface area contributed by atoms with Crippen molar-refractivity contribution in [3.63, 3.8) is 0 Å². The number of aromatic nitrogens is 5. The molecule has 0 bridgehead atoms. The number of halogens is 2. The number of carbonyl (C=O) groups is 1. The Balaban J connectivity index is 1.36. The molecule has 3 heterocycles. The van der Waals surface area contributed by atoms with E-state index in [1.54, 1.807) is 31.3 Å². The zero-order valence-corrected chi connectivity index (χ0v) is 21.5. The Labute approximate surface area is 221 Å². The maximum absolute atomic E-state index is 14.9. The third-order valence-corrected chi connectivity index (χ3v) is 5.94.